The van der Waals surface area contributed by atoms with Crippen molar-refractivity contribution in [2.75, 3.05) is 13.1 Å². The van der Waals surface area contributed by atoms with Gasteiger partial charge in [-0.15, -0.1) is 0 Å². The highest BCUT2D eigenvalue weighted by Crippen LogP contribution is 2.25. The molecule has 0 bridgehead atoms. The van der Waals surface area contributed by atoms with Gasteiger partial charge in [0.1, 0.15) is 11.5 Å². The van der Waals surface area contributed by atoms with Gasteiger partial charge in [-0.05, 0) is 31.2 Å². The van der Waals surface area contributed by atoms with E-state index in [1.165, 1.54) is 0 Å². The van der Waals surface area contributed by atoms with Gasteiger partial charge in [0.2, 0.25) is 5.91 Å². The minimum atomic E-state index is -0.273. The van der Waals surface area contributed by atoms with Crippen LogP contribution in [0.4, 0.5) is 0 Å². The molecular weight excluding hydrogens is 356 g/mol. The van der Waals surface area contributed by atoms with Gasteiger partial charge in [-0.25, -0.2) is 4.68 Å². The molecule has 0 aliphatic rings. The fraction of sp³-hybridized carbons (Fsp3) is 0.286. The molecule has 0 unspecified atom stereocenters. The lowest BCUT2D eigenvalue weighted by Crippen LogP contribution is -2.36. The van der Waals surface area contributed by atoms with E-state index in [1.807, 2.05) is 57.2 Å². The summed E-state index contributed by atoms with van der Waals surface area (Å²) >= 11 is 0. The first-order chi connectivity index (χ1) is 13.5. The molecule has 3 aromatic rings. The lowest BCUT2D eigenvalue weighted by molar-refractivity contribution is -0.123. The first kappa shape index (κ1) is 19.4. The second-order valence-electron chi connectivity index (χ2n) is 6.78. The molecule has 0 fully saturated rings. The van der Waals surface area contributed by atoms with Crippen LogP contribution in [-0.4, -0.2) is 34.7 Å². The van der Waals surface area contributed by atoms with E-state index in [9.17, 15) is 9.59 Å². The summed E-state index contributed by atoms with van der Waals surface area (Å²) in [5.74, 6) is 0.869. The van der Waals surface area contributed by atoms with Crippen molar-refractivity contribution in [2.45, 2.75) is 20.8 Å². The average Bonchev–Trinajstić information content (AvgIpc) is 3.32. The molecule has 1 aromatic carbocycles. The summed E-state index contributed by atoms with van der Waals surface area (Å²) in [5, 5.41) is 10.2. The Bertz CT molecular complexity index is 957. The third-order valence-electron chi connectivity index (χ3n) is 4.19. The number of aryl methyl sites for hydroxylation is 1. The summed E-state index contributed by atoms with van der Waals surface area (Å²) in [5.41, 5.74) is 1.73. The zero-order chi connectivity index (χ0) is 20.1. The predicted octanol–water partition coefficient (Wildman–Crippen LogP) is 2.94. The van der Waals surface area contributed by atoms with Crippen LogP contribution < -0.4 is 10.6 Å². The number of carbonyl (C=O) groups excluding carboxylic acids is 2. The number of furan rings is 1. The van der Waals surface area contributed by atoms with Gasteiger partial charge >= 0.3 is 0 Å². The molecule has 0 saturated carbocycles. The number of benzene rings is 1. The molecule has 7 heteroatoms. The van der Waals surface area contributed by atoms with Gasteiger partial charge in [-0.1, -0.05) is 32.0 Å². The highest BCUT2D eigenvalue weighted by Gasteiger charge is 2.20. The molecule has 0 atom stereocenters. The first-order valence-corrected chi connectivity index (χ1v) is 9.23. The van der Waals surface area contributed by atoms with Crippen molar-refractivity contribution < 1.29 is 14.0 Å². The molecule has 7 nitrogen and oxygen atoms in total. The van der Waals surface area contributed by atoms with Crippen LogP contribution in [0.5, 0.6) is 0 Å². The van der Waals surface area contributed by atoms with Crippen LogP contribution in [0.1, 0.15) is 30.0 Å². The normalized spacial score (nSPS) is 10.9. The molecule has 28 heavy (non-hydrogen) atoms. The lowest BCUT2D eigenvalue weighted by Gasteiger charge is -2.08. The molecule has 0 radical (unpaired) electrons. The van der Waals surface area contributed by atoms with E-state index in [4.69, 9.17) is 4.42 Å². The number of amides is 2. The Morgan fingerprint density at radius 2 is 1.79 bits per heavy atom. The number of carbonyl (C=O) groups is 2. The number of hydrogen-bond acceptors (Lipinski definition) is 4. The van der Waals surface area contributed by atoms with E-state index < -0.39 is 0 Å². The predicted molar refractivity (Wildman–Crippen MR) is 106 cm³/mol. The molecule has 0 spiro atoms. The third-order valence-corrected chi connectivity index (χ3v) is 4.19. The molecule has 2 amide bonds. The molecule has 2 heterocycles. The first-order valence-electron chi connectivity index (χ1n) is 9.23. The SMILES string of the molecule is Cc1ccc(-c2nn(-c3ccccc3)cc2C(=O)NCCNC(=O)C(C)C)o1. The second-order valence-corrected chi connectivity index (χ2v) is 6.78. The van der Waals surface area contributed by atoms with Crippen molar-refractivity contribution in [3.05, 3.63) is 60.0 Å². The number of hydrogen-bond donors (Lipinski definition) is 2. The average molecular weight is 380 g/mol. The Hall–Kier alpha value is -3.35. The smallest absolute Gasteiger partial charge is 0.255 e. The number of para-hydroxylation sites is 1. The van der Waals surface area contributed by atoms with Crippen molar-refractivity contribution in [2.24, 2.45) is 5.92 Å². The van der Waals surface area contributed by atoms with Crippen LogP contribution in [0.3, 0.4) is 0 Å². The summed E-state index contributed by atoms with van der Waals surface area (Å²) in [6.45, 7) is 6.18. The zero-order valence-corrected chi connectivity index (χ0v) is 16.2. The van der Waals surface area contributed by atoms with Gasteiger partial charge in [0.15, 0.2) is 5.76 Å². The molecule has 0 saturated heterocycles. The van der Waals surface area contributed by atoms with Crippen LogP contribution in [-0.2, 0) is 4.79 Å². The molecular formula is C21H24N4O3. The lowest BCUT2D eigenvalue weighted by atomic mass is 10.2. The van der Waals surface area contributed by atoms with Crippen LogP contribution >= 0.6 is 0 Å². The second kappa shape index (κ2) is 8.56. The summed E-state index contributed by atoms with van der Waals surface area (Å²) < 4.78 is 7.34. The molecule has 0 aliphatic carbocycles. The van der Waals surface area contributed by atoms with Crippen molar-refractivity contribution >= 4 is 11.8 Å². The van der Waals surface area contributed by atoms with Crippen molar-refractivity contribution in [3.63, 3.8) is 0 Å². The highest BCUT2D eigenvalue weighted by atomic mass is 16.3. The molecule has 2 aromatic heterocycles. The Morgan fingerprint density at radius 3 is 2.43 bits per heavy atom. The fourth-order valence-electron chi connectivity index (χ4n) is 2.66. The minimum Gasteiger partial charge on any atom is -0.460 e. The molecule has 2 N–H and O–H groups in total. The summed E-state index contributed by atoms with van der Waals surface area (Å²) in [4.78, 5) is 24.4. The van der Waals surface area contributed by atoms with E-state index in [-0.39, 0.29) is 17.7 Å². The molecule has 0 aliphatic heterocycles. The number of aromatic nitrogens is 2. The summed E-state index contributed by atoms with van der Waals surface area (Å²) in [6, 6.07) is 13.2. The fourth-order valence-corrected chi connectivity index (χ4v) is 2.66. The van der Waals surface area contributed by atoms with Gasteiger partial charge in [0.25, 0.3) is 5.91 Å². The Labute approximate surface area is 163 Å². The van der Waals surface area contributed by atoms with Gasteiger partial charge in [0, 0.05) is 25.2 Å². The van der Waals surface area contributed by atoms with Crippen molar-refractivity contribution in [1.82, 2.24) is 20.4 Å². The van der Waals surface area contributed by atoms with Crippen LogP contribution in [0.2, 0.25) is 0 Å². The van der Waals surface area contributed by atoms with E-state index >= 15 is 0 Å². The monoisotopic (exact) mass is 380 g/mol. The topological polar surface area (TPSA) is 89.2 Å². The van der Waals surface area contributed by atoms with E-state index in [0.717, 1.165) is 11.4 Å². The quantitative estimate of drug-likeness (QED) is 0.617. The minimum absolute atomic E-state index is 0.0436. The Balaban J connectivity index is 1.79. The Kier molecular flexibility index (Phi) is 5.93. The number of rotatable bonds is 7. The summed E-state index contributed by atoms with van der Waals surface area (Å²) in [6.07, 6.45) is 1.69. The van der Waals surface area contributed by atoms with Gasteiger partial charge in [-0.2, -0.15) is 5.10 Å². The van der Waals surface area contributed by atoms with E-state index in [1.54, 1.807) is 16.9 Å². The van der Waals surface area contributed by atoms with E-state index in [0.29, 0.717) is 30.1 Å². The molecule has 146 valence electrons. The number of nitrogens with one attached hydrogen (secondary N) is 2. The number of nitrogens with zero attached hydrogens (tertiary/aromatic N) is 2. The maximum absolute atomic E-state index is 12.8. The van der Waals surface area contributed by atoms with Crippen molar-refractivity contribution in [1.29, 1.82) is 0 Å². The van der Waals surface area contributed by atoms with Crippen molar-refractivity contribution in [3.8, 4) is 17.1 Å². The van der Waals surface area contributed by atoms with Gasteiger partial charge in [0.05, 0.1) is 11.3 Å². The summed E-state index contributed by atoms with van der Waals surface area (Å²) in [7, 11) is 0. The van der Waals surface area contributed by atoms with Crippen LogP contribution in [0.25, 0.3) is 17.1 Å². The Morgan fingerprint density at radius 1 is 1.07 bits per heavy atom. The van der Waals surface area contributed by atoms with Crippen LogP contribution in [0.15, 0.2) is 53.1 Å². The van der Waals surface area contributed by atoms with Gasteiger partial charge < -0.3 is 15.1 Å². The largest absolute Gasteiger partial charge is 0.460 e. The standard InChI is InChI=1S/C21H24N4O3/c1-14(2)20(26)22-11-12-23-21(27)17-13-25(16-7-5-4-6-8-16)24-19(17)18-10-9-15(3)28-18/h4-10,13-14H,11-12H2,1-3H3,(H,22,26)(H,23,27). The van der Waals surface area contributed by atoms with Gasteiger partial charge in [-0.3, -0.25) is 9.59 Å². The zero-order valence-electron chi connectivity index (χ0n) is 16.2. The van der Waals surface area contributed by atoms with Crippen LogP contribution in [0, 0.1) is 12.8 Å². The third kappa shape index (κ3) is 4.49. The maximum atomic E-state index is 12.8. The van der Waals surface area contributed by atoms with E-state index in [2.05, 4.69) is 15.7 Å². The molecule has 3 rings (SSSR count). The maximum Gasteiger partial charge on any atom is 0.255 e. The highest BCUT2D eigenvalue weighted by molar-refractivity contribution is 5.99.